The molecule has 1 saturated heterocycles. The summed E-state index contributed by atoms with van der Waals surface area (Å²) >= 11 is 0. The van der Waals surface area contributed by atoms with Crippen molar-refractivity contribution in [2.75, 3.05) is 43.5 Å². The molecule has 2 aromatic carbocycles. The second kappa shape index (κ2) is 7.12. The fourth-order valence-electron chi connectivity index (χ4n) is 4.23. The molecule has 2 aliphatic rings. The highest BCUT2D eigenvalue weighted by Gasteiger charge is 2.32. The predicted molar refractivity (Wildman–Crippen MR) is 107 cm³/mol. The fraction of sp³-hybridized carbons (Fsp3) is 0.409. The lowest BCUT2D eigenvalue weighted by atomic mass is 10.0. The SMILES string of the molecule is CN(C)C(C(=O)N1CCc2cc(N3CCCC3)ccc21)c1ccccc1. The zero-order valence-electron chi connectivity index (χ0n) is 15.7. The molecule has 2 heterocycles. The summed E-state index contributed by atoms with van der Waals surface area (Å²) in [7, 11) is 3.95. The molecule has 0 aromatic heterocycles. The first kappa shape index (κ1) is 17.1. The number of carbonyl (C=O) groups excluding carboxylic acids is 1. The van der Waals surface area contributed by atoms with E-state index in [1.165, 1.54) is 24.1 Å². The molecule has 0 N–H and O–H groups in total. The van der Waals surface area contributed by atoms with Crippen LogP contribution in [0.2, 0.25) is 0 Å². The van der Waals surface area contributed by atoms with E-state index in [0.29, 0.717) is 0 Å². The van der Waals surface area contributed by atoms with Crippen molar-refractivity contribution in [1.82, 2.24) is 4.90 Å². The predicted octanol–water partition coefficient (Wildman–Crippen LogP) is 3.48. The summed E-state index contributed by atoms with van der Waals surface area (Å²) in [5, 5.41) is 0. The minimum Gasteiger partial charge on any atom is -0.372 e. The van der Waals surface area contributed by atoms with Crippen molar-refractivity contribution < 1.29 is 4.79 Å². The van der Waals surface area contributed by atoms with E-state index in [4.69, 9.17) is 0 Å². The van der Waals surface area contributed by atoms with Crippen LogP contribution >= 0.6 is 0 Å². The average Bonchev–Trinajstić information content (AvgIpc) is 3.31. The van der Waals surface area contributed by atoms with Crippen LogP contribution in [-0.4, -0.2) is 44.5 Å². The molecule has 1 fully saturated rings. The van der Waals surface area contributed by atoms with Crippen molar-refractivity contribution in [3.63, 3.8) is 0 Å². The van der Waals surface area contributed by atoms with Gasteiger partial charge in [-0.05, 0) is 62.7 Å². The largest absolute Gasteiger partial charge is 0.372 e. The van der Waals surface area contributed by atoms with Crippen molar-refractivity contribution in [2.24, 2.45) is 0 Å². The Kier molecular flexibility index (Phi) is 4.68. The number of benzene rings is 2. The van der Waals surface area contributed by atoms with Crippen LogP contribution in [0, 0.1) is 0 Å². The maximum atomic E-state index is 13.4. The number of fused-ring (bicyclic) bond motifs is 1. The van der Waals surface area contributed by atoms with Crippen LogP contribution in [0.3, 0.4) is 0 Å². The molecule has 4 heteroatoms. The highest BCUT2D eigenvalue weighted by Crippen LogP contribution is 2.35. The number of nitrogens with zero attached hydrogens (tertiary/aromatic N) is 3. The van der Waals surface area contributed by atoms with Crippen molar-refractivity contribution in [3.05, 3.63) is 59.7 Å². The van der Waals surface area contributed by atoms with Gasteiger partial charge in [-0.15, -0.1) is 0 Å². The number of carbonyl (C=O) groups is 1. The van der Waals surface area contributed by atoms with Gasteiger partial charge < -0.3 is 9.80 Å². The van der Waals surface area contributed by atoms with Crippen molar-refractivity contribution in [3.8, 4) is 0 Å². The normalized spacial score (nSPS) is 17.7. The van der Waals surface area contributed by atoms with Gasteiger partial charge in [0.2, 0.25) is 5.91 Å². The van der Waals surface area contributed by atoms with E-state index in [-0.39, 0.29) is 11.9 Å². The van der Waals surface area contributed by atoms with Gasteiger partial charge in [-0.25, -0.2) is 0 Å². The first-order valence-corrected chi connectivity index (χ1v) is 9.56. The Bertz CT molecular complexity index is 781. The lowest BCUT2D eigenvalue weighted by molar-refractivity contribution is -0.123. The van der Waals surface area contributed by atoms with Crippen molar-refractivity contribution in [2.45, 2.75) is 25.3 Å². The monoisotopic (exact) mass is 349 g/mol. The fourth-order valence-corrected chi connectivity index (χ4v) is 4.23. The molecule has 2 aromatic rings. The third-order valence-corrected chi connectivity index (χ3v) is 5.56. The molecule has 4 rings (SSSR count). The molecule has 0 aliphatic carbocycles. The molecule has 0 bridgehead atoms. The maximum absolute atomic E-state index is 13.4. The smallest absolute Gasteiger partial charge is 0.248 e. The summed E-state index contributed by atoms with van der Waals surface area (Å²) in [4.78, 5) is 19.8. The number of amides is 1. The topological polar surface area (TPSA) is 26.8 Å². The molecule has 0 saturated carbocycles. The van der Waals surface area contributed by atoms with Gasteiger partial charge in [0.1, 0.15) is 6.04 Å². The van der Waals surface area contributed by atoms with Crippen molar-refractivity contribution >= 4 is 17.3 Å². The van der Waals surface area contributed by atoms with E-state index >= 15 is 0 Å². The molecule has 26 heavy (non-hydrogen) atoms. The Morgan fingerprint density at radius 2 is 1.73 bits per heavy atom. The van der Waals surface area contributed by atoms with Crippen LogP contribution in [0.4, 0.5) is 11.4 Å². The van der Waals surface area contributed by atoms with Gasteiger partial charge in [0.15, 0.2) is 0 Å². The second-order valence-corrected chi connectivity index (χ2v) is 7.52. The molecule has 1 atom stereocenters. The Balaban J connectivity index is 1.60. The van der Waals surface area contributed by atoms with Gasteiger partial charge >= 0.3 is 0 Å². The minimum atomic E-state index is -0.250. The maximum Gasteiger partial charge on any atom is 0.248 e. The Labute approximate surface area is 156 Å². The van der Waals surface area contributed by atoms with Gasteiger partial charge in [-0.2, -0.15) is 0 Å². The molecule has 0 spiro atoms. The van der Waals surface area contributed by atoms with Gasteiger partial charge in [0.05, 0.1) is 0 Å². The Morgan fingerprint density at radius 1 is 1.00 bits per heavy atom. The summed E-state index contributed by atoms with van der Waals surface area (Å²) < 4.78 is 0. The van der Waals surface area contributed by atoms with Crippen LogP contribution in [0.5, 0.6) is 0 Å². The van der Waals surface area contributed by atoms with E-state index < -0.39 is 0 Å². The third-order valence-electron chi connectivity index (χ3n) is 5.56. The van der Waals surface area contributed by atoms with Gasteiger partial charge in [0.25, 0.3) is 0 Å². The molecule has 4 nitrogen and oxygen atoms in total. The molecule has 2 aliphatic heterocycles. The number of anilines is 2. The molecule has 1 unspecified atom stereocenters. The molecular weight excluding hydrogens is 322 g/mol. The number of hydrogen-bond acceptors (Lipinski definition) is 3. The quantitative estimate of drug-likeness (QED) is 0.845. The van der Waals surface area contributed by atoms with Crippen LogP contribution < -0.4 is 9.80 Å². The Morgan fingerprint density at radius 3 is 2.42 bits per heavy atom. The van der Waals surface area contributed by atoms with Gasteiger partial charge in [-0.1, -0.05) is 30.3 Å². The van der Waals surface area contributed by atoms with Crippen LogP contribution in [0.1, 0.15) is 30.0 Å². The number of rotatable bonds is 4. The zero-order valence-corrected chi connectivity index (χ0v) is 15.7. The van der Waals surface area contributed by atoms with Gasteiger partial charge in [0, 0.05) is 31.0 Å². The summed E-state index contributed by atoms with van der Waals surface area (Å²) in [6.45, 7) is 3.07. The van der Waals surface area contributed by atoms with E-state index in [2.05, 4.69) is 23.1 Å². The van der Waals surface area contributed by atoms with E-state index in [9.17, 15) is 4.79 Å². The first-order chi connectivity index (χ1) is 12.6. The van der Waals surface area contributed by atoms with Crippen LogP contribution in [0.25, 0.3) is 0 Å². The molecule has 1 amide bonds. The van der Waals surface area contributed by atoms with Crippen LogP contribution in [0.15, 0.2) is 48.5 Å². The van der Waals surface area contributed by atoms with Crippen molar-refractivity contribution in [1.29, 1.82) is 0 Å². The Hall–Kier alpha value is -2.33. The van der Waals surface area contributed by atoms with E-state index in [1.54, 1.807) is 0 Å². The zero-order chi connectivity index (χ0) is 18.1. The lowest BCUT2D eigenvalue weighted by Gasteiger charge is -2.29. The molecular formula is C22H27N3O. The van der Waals surface area contributed by atoms with Gasteiger partial charge in [-0.3, -0.25) is 9.69 Å². The summed E-state index contributed by atoms with van der Waals surface area (Å²) in [5.41, 5.74) is 4.74. The number of hydrogen-bond donors (Lipinski definition) is 0. The van der Waals surface area contributed by atoms with E-state index in [0.717, 1.165) is 37.3 Å². The second-order valence-electron chi connectivity index (χ2n) is 7.52. The molecule has 136 valence electrons. The van der Waals surface area contributed by atoms with E-state index in [1.807, 2.05) is 54.2 Å². The molecule has 0 radical (unpaired) electrons. The lowest BCUT2D eigenvalue weighted by Crippen LogP contribution is -2.39. The number of likely N-dealkylation sites (N-methyl/N-ethyl adjacent to an activating group) is 1. The van der Waals surface area contributed by atoms with Crippen LogP contribution in [-0.2, 0) is 11.2 Å². The minimum absolute atomic E-state index is 0.161. The highest BCUT2D eigenvalue weighted by atomic mass is 16.2. The summed E-state index contributed by atoms with van der Waals surface area (Å²) in [6, 6.07) is 16.4. The third kappa shape index (κ3) is 3.10. The summed E-state index contributed by atoms with van der Waals surface area (Å²) in [5.74, 6) is 0.161. The standard InChI is InChI=1S/C22H27N3O/c1-23(2)21(17-8-4-3-5-9-17)22(26)25-15-12-18-16-19(10-11-20(18)25)24-13-6-7-14-24/h3-5,8-11,16,21H,6-7,12-15H2,1-2H3. The summed E-state index contributed by atoms with van der Waals surface area (Å²) in [6.07, 6.45) is 3.50. The highest BCUT2D eigenvalue weighted by molar-refractivity contribution is 5.99. The first-order valence-electron chi connectivity index (χ1n) is 9.56. The average molecular weight is 349 g/mol.